The molecule has 1 N–H and O–H groups in total. The number of thiophene rings is 1. The van der Waals surface area contributed by atoms with Crippen molar-refractivity contribution in [3.8, 4) is 0 Å². The van der Waals surface area contributed by atoms with E-state index in [1.54, 1.807) is 19.1 Å². The van der Waals surface area contributed by atoms with E-state index in [2.05, 4.69) is 21.2 Å². The molecule has 0 saturated heterocycles. The van der Waals surface area contributed by atoms with E-state index >= 15 is 0 Å². The van der Waals surface area contributed by atoms with Gasteiger partial charge in [-0.1, -0.05) is 22.9 Å². The van der Waals surface area contributed by atoms with Crippen molar-refractivity contribution in [3.63, 3.8) is 0 Å². The fourth-order valence-electron chi connectivity index (χ4n) is 1.65. The van der Waals surface area contributed by atoms with Gasteiger partial charge in [0.05, 0.1) is 9.77 Å². The lowest BCUT2D eigenvalue weighted by molar-refractivity contribution is 0.103. The van der Waals surface area contributed by atoms with Gasteiger partial charge < -0.3 is 5.32 Å². The van der Waals surface area contributed by atoms with E-state index in [0.29, 0.717) is 17.1 Å². The Kier molecular flexibility index (Phi) is 5.38. The molecule has 0 aliphatic carbocycles. The third-order valence-corrected chi connectivity index (χ3v) is 6.57. The van der Waals surface area contributed by atoms with E-state index in [4.69, 9.17) is 0 Å². The Morgan fingerprint density at radius 1 is 1.32 bits per heavy atom. The number of amides is 1. The zero-order valence-electron chi connectivity index (χ0n) is 12.0. The molecular weight excluding hydrogens is 388 g/mol. The average molecular weight is 403 g/mol. The maximum atomic E-state index is 12.2. The van der Waals surface area contributed by atoms with E-state index in [1.807, 2.05) is 12.1 Å². The van der Waals surface area contributed by atoms with Crippen LogP contribution in [0, 0.1) is 0 Å². The van der Waals surface area contributed by atoms with Crippen molar-refractivity contribution in [2.75, 3.05) is 18.9 Å². The molecule has 0 spiro atoms. The first-order chi connectivity index (χ1) is 10.3. The quantitative estimate of drug-likeness (QED) is 0.832. The maximum absolute atomic E-state index is 12.2. The van der Waals surface area contributed by atoms with Gasteiger partial charge >= 0.3 is 0 Å². The Hall–Kier alpha value is -1.22. The van der Waals surface area contributed by atoms with Crippen LogP contribution in [-0.2, 0) is 10.0 Å². The van der Waals surface area contributed by atoms with Crippen LogP contribution in [0.3, 0.4) is 0 Å². The number of anilines is 1. The standard InChI is InChI=1S/C14H15BrN2O3S2/c1-3-17(2)22(19,20)12-8-13(21-9-12)14(18)16-11-6-4-10(15)5-7-11/h4-9H,3H2,1-2H3,(H,16,18). The van der Waals surface area contributed by atoms with Crippen molar-refractivity contribution in [1.29, 1.82) is 0 Å². The van der Waals surface area contributed by atoms with E-state index in [0.717, 1.165) is 15.8 Å². The van der Waals surface area contributed by atoms with E-state index in [9.17, 15) is 13.2 Å². The number of nitrogens with zero attached hydrogens (tertiary/aromatic N) is 1. The van der Waals surface area contributed by atoms with Gasteiger partial charge in [-0.3, -0.25) is 4.79 Å². The van der Waals surface area contributed by atoms with Gasteiger partial charge in [0.15, 0.2) is 0 Å². The molecule has 5 nitrogen and oxygen atoms in total. The van der Waals surface area contributed by atoms with Crippen molar-refractivity contribution >= 4 is 48.9 Å². The molecule has 118 valence electrons. The van der Waals surface area contributed by atoms with Gasteiger partial charge in [0.1, 0.15) is 0 Å². The molecule has 0 bridgehead atoms. The SMILES string of the molecule is CCN(C)S(=O)(=O)c1csc(C(=O)Nc2ccc(Br)cc2)c1. The summed E-state index contributed by atoms with van der Waals surface area (Å²) >= 11 is 4.43. The first kappa shape index (κ1) is 17.1. The molecule has 0 aliphatic heterocycles. The number of carbonyl (C=O) groups excluding carboxylic acids is 1. The molecule has 2 aromatic rings. The predicted octanol–water partition coefficient (Wildman–Crippen LogP) is 3.40. The summed E-state index contributed by atoms with van der Waals surface area (Å²) in [7, 11) is -2.01. The highest BCUT2D eigenvalue weighted by molar-refractivity contribution is 9.10. The molecule has 8 heteroatoms. The molecule has 0 saturated carbocycles. The molecule has 0 aliphatic rings. The van der Waals surface area contributed by atoms with E-state index in [-0.39, 0.29) is 10.8 Å². The van der Waals surface area contributed by atoms with Crippen molar-refractivity contribution < 1.29 is 13.2 Å². The lowest BCUT2D eigenvalue weighted by Gasteiger charge is -2.12. The highest BCUT2D eigenvalue weighted by atomic mass is 79.9. The zero-order valence-corrected chi connectivity index (χ0v) is 15.3. The largest absolute Gasteiger partial charge is 0.321 e. The molecular formula is C14H15BrN2O3S2. The van der Waals surface area contributed by atoms with E-state index in [1.165, 1.54) is 22.8 Å². The van der Waals surface area contributed by atoms with Crippen LogP contribution in [0.4, 0.5) is 5.69 Å². The van der Waals surface area contributed by atoms with Crippen molar-refractivity contribution in [1.82, 2.24) is 4.31 Å². The normalized spacial score (nSPS) is 11.6. The van der Waals surface area contributed by atoms with Gasteiger partial charge in [0, 0.05) is 29.1 Å². The molecule has 0 radical (unpaired) electrons. The number of hydrogen-bond acceptors (Lipinski definition) is 4. The fourth-order valence-corrected chi connectivity index (χ4v) is 4.25. The third-order valence-electron chi connectivity index (χ3n) is 3.05. The minimum Gasteiger partial charge on any atom is -0.321 e. The Labute approximate surface area is 142 Å². The summed E-state index contributed by atoms with van der Waals surface area (Å²) in [5.74, 6) is -0.326. The summed E-state index contributed by atoms with van der Waals surface area (Å²) in [6.45, 7) is 2.13. The number of nitrogens with one attached hydrogen (secondary N) is 1. The first-order valence-electron chi connectivity index (χ1n) is 6.46. The minimum atomic E-state index is -3.52. The van der Waals surface area contributed by atoms with Crippen LogP contribution >= 0.6 is 27.3 Å². The van der Waals surface area contributed by atoms with Crippen LogP contribution in [-0.4, -0.2) is 32.2 Å². The lowest BCUT2D eigenvalue weighted by Crippen LogP contribution is -2.26. The second kappa shape index (κ2) is 6.91. The molecule has 0 unspecified atom stereocenters. The van der Waals surface area contributed by atoms with Crippen molar-refractivity contribution in [2.24, 2.45) is 0 Å². The maximum Gasteiger partial charge on any atom is 0.265 e. The highest BCUT2D eigenvalue weighted by Crippen LogP contribution is 2.23. The highest BCUT2D eigenvalue weighted by Gasteiger charge is 2.22. The fraction of sp³-hybridized carbons (Fsp3) is 0.214. The summed E-state index contributed by atoms with van der Waals surface area (Å²) < 4.78 is 26.5. The summed E-state index contributed by atoms with van der Waals surface area (Å²) in [5, 5.41) is 4.22. The van der Waals surface area contributed by atoms with Crippen LogP contribution in [0.5, 0.6) is 0 Å². The van der Waals surface area contributed by atoms with Crippen LogP contribution in [0.15, 0.2) is 45.1 Å². The third kappa shape index (κ3) is 3.75. The minimum absolute atomic E-state index is 0.141. The van der Waals surface area contributed by atoms with Crippen LogP contribution in [0.25, 0.3) is 0 Å². The molecule has 1 heterocycles. The first-order valence-corrected chi connectivity index (χ1v) is 9.57. The molecule has 22 heavy (non-hydrogen) atoms. The second-order valence-corrected chi connectivity index (χ2v) is 8.40. The smallest absolute Gasteiger partial charge is 0.265 e. The van der Waals surface area contributed by atoms with Gasteiger partial charge in [-0.05, 0) is 30.3 Å². The molecule has 1 aromatic carbocycles. The number of halogens is 1. The Morgan fingerprint density at radius 2 is 1.95 bits per heavy atom. The molecule has 1 amide bonds. The summed E-state index contributed by atoms with van der Waals surface area (Å²) in [6.07, 6.45) is 0. The number of rotatable bonds is 5. The van der Waals surface area contributed by atoms with Gasteiger partial charge in [-0.25, -0.2) is 12.7 Å². The molecule has 2 rings (SSSR count). The molecule has 0 atom stereocenters. The number of hydrogen-bond donors (Lipinski definition) is 1. The average Bonchev–Trinajstić information content (AvgIpc) is 2.99. The summed E-state index contributed by atoms with van der Waals surface area (Å²) in [5.41, 5.74) is 0.650. The topological polar surface area (TPSA) is 66.5 Å². The molecule has 0 fully saturated rings. The molecule has 1 aromatic heterocycles. The number of sulfonamides is 1. The van der Waals surface area contributed by atoms with Gasteiger partial charge in [-0.2, -0.15) is 0 Å². The Bertz CT molecular complexity index is 770. The predicted molar refractivity (Wildman–Crippen MR) is 91.9 cm³/mol. The van der Waals surface area contributed by atoms with E-state index < -0.39 is 10.0 Å². The zero-order chi connectivity index (χ0) is 16.3. The Morgan fingerprint density at radius 3 is 2.55 bits per heavy atom. The second-order valence-electron chi connectivity index (χ2n) is 4.53. The lowest BCUT2D eigenvalue weighted by atomic mass is 10.3. The van der Waals surface area contributed by atoms with Crippen molar-refractivity contribution in [3.05, 3.63) is 45.1 Å². The van der Waals surface area contributed by atoms with Gasteiger partial charge in [0.25, 0.3) is 5.91 Å². The van der Waals surface area contributed by atoms with Gasteiger partial charge in [-0.15, -0.1) is 11.3 Å². The van der Waals surface area contributed by atoms with Crippen LogP contribution in [0.1, 0.15) is 16.6 Å². The Balaban J connectivity index is 2.17. The van der Waals surface area contributed by atoms with Crippen LogP contribution < -0.4 is 5.32 Å². The number of carbonyl (C=O) groups is 1. The van der Waals surface area contributed by atoms with Crippen LogP contribution in [0.2, 0.25) is 0 Å². The summed E-state index contributed by atoms with van der Waals surface area (Å²) in [6, 6.07) is 8.56. The summed E-state index contributed by atoms with van der Waals surface area (Å²) in [4.78, 5) is 12.7. The van der Waals surface area contributed by atoms with Crippen molar-refractivity contribution in [2.45, 2.75) is 11.8 Å². The van der Waals surface area contributed by atoms with Gasteiger partial charge in [0.2, 0.25) is 10.0 Å². The number of benzene rings is 1. The monoisotopic (exact) mass is 402 g/mol.